The summed E-state index contributed by atoms with van der Waals surface area (Å²) in [5.41, 5.74) is 4.24. The number of amides is 1. The van der Waals surface area contributed by atoms with Gasteiger partial charge in [0.1, 0.15) is 5.75 Å². The van der Waals surface area contributed by atoms with Crippen LogP contribution in [0.25, 0.3) is 0 Å². The Kier molecular flexibility index (Phi) is 8.81. The third-order valence-electron chi connectivity index (χ3n) is 8.47. The second-order valence-electron chi connectivity index (χ2n) is 11.3. The highest BCUT2D eigenvalue weighted by Crippen LogP contribution is 2.38. The van der Waals surface area contributed by atoms with Crippen LogP contribution in [0.5, 0.6) is 5.75 Å². The Morgan fingerprint density at radius 2 is 1.82 bits per heavy atom. The first kappa shape index (κ1) is 27.9. The Hall–Kier alpha value is -3.70. The third-order valence-corrected chi connectivity index (χ3v) is 8.47. The normalized spacial score (nSPS) is 22.7. The van der Waals surface area contributed by atoms with Crippen LogP contribution < -0.4 is 9.64 Å². The molecule has 8 nitrogen and oxygen atoms in total. The molecule has 1 amide bonds. The van der Waals surface area contributed by atoms with Crippen LogP contribution in [0.2, 0.25) is 0 Å². The predicted molar refractivity (Wildman–Crippen MR) is 154 cm³/mol. The zero-order valence-corrected chi connectivity index (χ0v) is 23.7. The van der Waals surface area contributed by atoms with E-state index < -0.39 is 0 Å². The maximum Gasteiger partial charge on any atom is 0.248 e. The quantitative estimate of drug-likeness (QED) is 0.452. The van der Waals surface area contributed by atoms with Gasteiger partial charge in [0.25, 0.3) is 0 Å². The van der Waals surface area contributed by atoms with Crippen molar-refractivity contribution in [2.24, 2.45) is 18.9 Å². The number of methoxy groups -OCH3 is 1. The number of aliphatic hydroxyl groups excluding tert-OH is 1. The fraction of sp³-hybridized carbons (Fsp3) is 0.500. The van der Waals surface area contributed by atoms with Crippen molar-refractivity contribution < 1.29 is 14.6 Å². The third kappa shape index (κ3) is 6.71. The van der Waals surface area contributed by atoms with E-state index >= 15 is 0 Å². The maximum absolute atomic E-state index is 13.9. The molecule has 2 aliphatic rings. The predicted octanol–water partition coefficient (Wildman–Crippen LogP) is 4.79. The van der Waals surface area contributed by atoms with Crippen molar-refractivity contribution >= 4 is 11.6 Å². The molecule has 2 aliphatic carbocycles. The summed E-state index contributed by atoms with van der Waals surface area (Å²) in [7, 11) is 3.42. The fourth-order valence-corrected chi connectivity index (χ4v) is 6.17. The summed E-state index contributed by atoms with van der Waals surface area (Å²) in [5, 5.41) is 21.9. The molecule has 0 spiro atoms. The van der Waals surface area contributed by atoms with Crippen LogP contribution in [-0.4, -0.2) is 51.0 Å². The second kappa shape index (κ2) is 12.6. The number of aromatic nitrogens is 4. The minimum Gasteiger partial charge on any atom is -0.496 e. The summed E-state index contributed by atoms with van der Waals surface area (Å²) >= 11 is 0. The topological polar surface area (TPSA) is 93.4 Å². The lowest BCUT2D eigenvalue weighted by atomic mass is 9.78. The van der Waals surface area contributed by atoms with E-state index in [0.29, 0.717) is 37.0 Å². The second-order valence-corrected chi connectivity index (χ2v) is 11.3. The van der Waals surface area contributed by atoms with Gasteiger partial charge >= 0.3 is 0 Å². The number of ether oxygens (including phenoxy) is 1. The van der Waals surface area contributed by atoms with Crippen LogP contribution in [0.15, 0.2) is 42.5 Å². The molecule has 8 heteroatoms. The summed E-state index contributed by atoms with van der Waals surface area (Å²) < 4.78 is 5.45. The number of hydrogen-bond donors (Lipinski definition) is 1. The molecule has 1 N–H and O–H groups in total. The molecular weight excluding hydrogens is 502 g/mol. The molecule has 2 fully saturated rings. The fourth-order valence-electron chi connectivity index (χ4n) is 6.17. The number of carbonyl (C=O) groups excluding carboxylic acids is 1. The van der Waals surface area contributed by atoms with Gasteiger partial charge in [-0.15, -0.1) is 5.10 Å². The number of benzene rings is 2. The van der Waals surface area contributed by atoms with Gasteiger partial charge in [0.2, 0.25) is 11.7 Å². The minimum atomic E-state index is -0.289. The highest BCUT2D eigenvalue weighted by atomic mass is 16.5. The number of aliphatic hydroxyl groups is 1. The van der Waals surface area contributed by atoms with Gasteiger partial charge in [0.05, 0.1) is 20.3 Å². The molecular formula is C32H39N5O3. The van der Waals surface area contributed by atoms with Crippen molar-refractivity contribution in [2.45, 2.75) is 70.3 Å². The van der Waals surface area contributed by atoms with E-state index in [9.17, 15) is 9.90 Å². The first-order chi connectivity index (χ1) is 19.4. The highest BCUT2D eigenvalue weighted by molar-refractivity contribution is 5.95. The van der Waals surface area contributed by atoms with Gasteiger partial charge in [-0.05, 0) is 117 Å². The van der Waals surface area contributed by atoms with E-state index in [1.54, 1.807) is 14.2 Å². The van der Waals surface area contributed by atoms with Gasteiger partial charge in [-0.1, -0.05) is 29.2 Å². The van der Waals surface area contributed by atoms with Crippen LogP contribution >= 0.6 is 0 Å². The molecule has 0 aliphatic heterocycles. The first-order valence-corrected chi connectivity index (χ1v) is 14.4. The summed E-state index contributed by atoms with van der Waals surface area (Å²) in [5.74, 6) is 8.48. The Morgan fingerprint density at radius 1 is 1.05 bits per heavy atom. The van der Waals surface area contributed by atoms with E-state index in [-0.39, 0.29) is 17.9 Å². The van der Waals surface area contributed by atoms with Crippen molar-refractivity contribution in [1.29, 1.82) is 0 Å². The number of carbonyl (C=O) groups is 1. The number of anilines is 1. The van der Waals surface area contributed by atoms with Crippen LogP contribution in [-0.2, 0) is 11.8 Å². The largest absolute Gasteiger partial charge is 0.496 e. The maximum atomic E-state index is 13.9. The molecule has 2 saturated carbocycles. The zero-order chi connectivity index (χ0) is 28.1. The van der Waals surface area contributed by atoms with Crippen molar-refractivity contribution in [1.82, 2.24) is 20.2 Å². The zero-order valence-electron chi connectivity index (χ0n) is 23.7. The molecule has 3 aromatic rings. The molecule has 1 aromatic heterocycles. The molecule has 5 rings (SSSR count). The van der Waals surface area contributed by atoms with Crippen LogP contribution in [0.4, 0.5) is 5.69 Å². The van der Waals surface area contributed by atoms with E-state index in [1.807, 2.05) is 29.2 Å². The van der Waals surface area contributed by atoms with Gasteiger partial charge in [0, 0.05) is 23.7 Å². The molecule has 40 heavy (non-hydrogen) atoms. The van der Waals surface area contributed by atoms with Crippen LogP contribution in [0, 0.1) is 30.6 Å². The standard InChI is InChI=1S/C32H39N5O3/c1-22-19-27(14-17-30(22)40-3)25-10-7-24(8-11-25)21-37(32(39)26-12-15-29(38)16-13-26)28-6-4-5-23(20-28)9-18-31-33-35-36(2)34-31/h4-6,14,17,19-20,24-26,29,38H,7-8,10-13,15-16,21H2,1-3H3. The van der Waals surface area contributed by atoms with E-state index in [4.69, 9.17) is 4.74 Å². The molecule has 0 atom stereocenters. The van der Waals surface area contributed by atoms with Gasteiger partial charge in [0.15, 0.2) is 0 Å². The summed E-state index contributed by atoms with van der Waals surface area (Å²) in [4.78, 5) is 17.3. The summed E-state index contributed by atoms with van der Waals surface area (Å²) in [6.07, 6.45) is 6.95. The smallest absolute Gasteiger partial charge is 0.248 e. The lowest BCUT2D eigenvalue weighted by Crippen LogP contribution is -2.41. The van der Waals surface area contributed by atoms with Crippen molar-refractivity contribution in [2.75, 3.05) is 18.6 Å². The molecule has 0 radical (unpaired) electrons. The number of nitrogens with zero attached hydrogens (tertiary/aromatic N) is 5. The van der Waals surface area contributed by atoms with Gasteiger partial charge < -0.3 is 14.7 Å². The van der Waals surface area contributed by atoms with Crippen molar-refractivity contribution in [3.63, 3.8) is 0 Å². The van der Waals surface area contributed by atoms with Gasteiger partial charge in [-0.25, -0.2) is 0 Å². The first-order valence-electron chi connectivity index (χ1n) is 14.4. The number of tetrazole rings is 1. The van der Waals surface area contributed by atoms with E-state index in [2.05, 4.69) is 52.4 Å². The van der Waals surface area contributed by atoms with E-state index in [0.717, 1.165) is 55.5 Å². The SMILES string of the molecule is COc1ccc(C2CCC(CN(C(=O)C3CCC(O)CC3)c3cccc(C#Cc4nnn(C)n4)c3)CC2)cc1C. The highest BCUT2D eigenvalue weighted by Gasteiger charge is 2.32. The lowest BCUT2D eigenvalue weighted by Gasteiger charge is -2.36. The molecule has 0 bridgehead atoms. The lowest BCUT2D eigenvalue weighted by molar-refractivity contribution is -0.124. The van der Waals surface area contributed by atoms with E-state index in [1.165, 1.54) is 15.9 Å². The summed E-state index contributed by atoms with van der Waals surface area (Å²) in [6.45, 7) is 2.80. The number of hydrogen-bond acceptors (Lipinski definition) is 6. The molecule has 2 aromatic carbocycles. The number of aryl methyl sites for hydroxylation is 2. The molecule has 210 valence electrons. The van der Waals surface area contributed by atoms with Crippen molar-refractivity contribution in [3.05, 3.63) is 65.0 Å². The Balaban J connectivity index is 1.32. The summed E-state index contributed by atoms with van der Waals surface area (Å²) in [6, 6.07) is 14.4. The van der Waals surface area contributed by atoms with Crippen LogP contribution in [0.3, 0.4) is 0 Å². The average molecular weight is 542 g/mol. The molecule has 0 unspecified atom stereocenters. The average Bonchev–Trinajstić information content (AvgIpc) is 3.40. The molecule has 0 saturated heterocycles. The Labute approximate surface area is 236 Å². The minimum absolute atomic E-state index is 0.0550. The van der Waals surface area contributed by atoms with Gasteiger partial charge in [-0.3, -0.25) is 4.79 Å². The number of rotatable bonds is 6. The Bertz CT molecular complexity index is 1370. The van der Waals surface area contributed by atoms with Crippen molar-refractivity contribution in [3.8, 4) is 17.6 Å². The monoisotopic (exact) mass is 541 g/mol. The van der Waals surface area contributed by atoms with Crippen LogP contribution in [0.1, 0.15) is 79.8 Å². The Morgan fingerprint density at radius 3 is 2.50 bits per heavy atom. The van der Waals surface area contributed by atoms with Gasteiger partial charge in [-0.2, -0.15) is 4.80 Å². The molecule has 1 heterocycles.